The van der Waals surface area contributed by atoms with E-state index < -0.39 is 5.97 Å². The molecule has 94 valence electrons. The van der Waals surface area contributed by atoms with Crippen LogP contribution in [0.25, 0.3) is 0 Å². The third-order valence-corrected chi connectivity index (χ3v) is 2.58. The molecule has 5 heteroatoms. The number of benzene rings is 1. The first-order valence-electron chi connectivity index (χ1n) is 5.46. The fourth-order valence-electron chi connectivity index (χ4n) is 1.61. The summed E-state index contributed by atoms with van der Waals surface area (Å²) >= 11 is 0. The van der Waals surface area contributed by atoms with Crippen LogP contribution < -0.4 is 10.6 Å². The number of likely N-dealkylation sites (N-methyl/N-ethyl adjacent to an activating group) is 1. The molecule has 1 aromatic rings. The van der Waals surface area contributed by atoms with Gasteiger partial charge in [-0.15, -0.1) is 0 Å². The number of methoxy groups -OCH3 is 1. The summed E-state index contributed by atoms with van der Waals surface area (Å²) in [6, 6.07) is 4.98. The molecule has 0 unspecified atom stereocenters. The number of hydrogen-bond acceptors (Lipinski definition) is 4. The number of carbonyl (C=O) groups is 1. The fraction of sp³-hybridized carbons (Fsp3) is 0.417. The molecule has 0 fully saturated rings. The lowest BCUT2D eigenvalue weighted by Gasteiger charge is -2.23. The van der Waals surface area contributed by atoms with Crippen molar-refractivity contribution in [2.75, 3.05) is 37.4 Å². The summed E-state index contributed by atoms with van der Waals surface area (Å²) in [5.41, 5.74) is 7.03. The second-order valence-corrected chi connectivity index (χ2v) is 3.65. The predicted molar refractivity (Wildman–Crippen MR) is 67.6 cm³/mol. The van der Waals surface area contributed by atoms with E-state index in [1.807, 2.05) is 6.92 Å². The van der Waals surface area contributed by atoms with Gasteiger partial charge in [0.1, 0.15) is 0 Å². The van der Waals surface area contributed by atoms with Crippen molar-refractivity contribution < 1.29 is 14.6 Å². The summed E-state index contributed by atoms with van der Waals surface area (Å²) in [6.07, 6.45) is 0. The third kappa shape index (κ3) is 3.35. The average Bonchev–Trinajstić information content (AvgIpc) is 2.29. The maximum Gasteiger partial charge on any atom is 0.337 e. The predicted octanol–water partition coefficient (Wildman–Crippen LogP) is 1.44. The second-order valence-electron chi connectivity index (χ2n) is 3.65. The lowest BCUT2D eigenvalue weighted by Crippen LogP contribution is -2.26. The number of carboxylic acid groups (broad SMARTS) is 1. The lowest BCUT2D eigenvalue weighted by atomic mass is 10.1. The summed E-state index contributed by atoms with van der Waals surface area (Å²) in [4.78, 5) is 12.9. The quantitative estimate of drug-likeness (QED) is 0.733. The van der Waals surface area contributed by atoms with Gasteiger partial charge in [0, 0.05) is 31.6 Å². The highest BCUT2D eigenvalue weighted by Crippen LogP contribution is 2.21. The molecule has 0 radical (unpaired) electrons. The monoisotopic (exact) mass is 238 g/mol. The highest BCUT2D eigenvalue weighted by atomic mass is 16.5. The Balaban J connectivity index is 2.90. The number of hydrogen-bond donors (Lipinski definition) is 2. The Morgan fingerprint density at radius 1 is 1.53 bits per heavy atom. The highest BCUT2D eigenvalue weighted by molar-refractivity contribution is 5.94. The molecule has 17 heavy (non-hydrogen) atoms. The third-order valence-electron chi connectivity index (χ3n) is 2.58. The molecule has 0 aromatic heterocycles. The van der Waals surface area contributed by atoms with Crippen LogP contribution >= 0.6 is 0 Å². The summed E-state index contributed by atoms with van der Waals surface area (Å²) < 4.78 is 5.02. The Hall–Kier alpha value is -1.75. The van der Waals surface area contributed by atoms with E-state index in [4.69, 9.17) is 15.6 Å². The Bertz CT molecular complexity index is 393. The molecule has 0 saturated heterocycles. The van der Waals surface area contributed by atoms with E-state index in [1.54, 1.807) is 19.2 Å². The van der Waals surface area contributed by atoms with Gasteiger partial charge in [-0.1, -0.05) is 0 Å². The van der Waals surface area contributed by atoms with Crippen molar-refractivity contribution in [2.45, 2.75) is 6.92 Å². The van der Waals surface area contributed by atoms with E-state index >= 15 is 0 Å². The molecule has 3 N–H and O–H groups in total. The van der Waals surface area contributed by atoms with Crippen LogP contribution in [0.5, 0.6) is 0 Å². The molecule has 1 aromatic carbocycles. The number of aromatic carboxylic acids is 1. The van der Waals surface area contributed by atoms with Gasteiger partial charge in [-0.3, -0.25) is 0 Å². The minimum Gasteiger partial charge on any atom is -0.478 e. The standard InChI is InChI=1S/C12H18N2O3/c1-3-14(6-7-17-2)9-4-5-10(12(15)16)11(13)8-9/h4-5,8H,3,6-7,13H2,1-2H3,(H,15,16). The highest BCUT2D eigenvalue weighted by Gasteiger charge is 2.10. The molecule has 0 aliphatic carbocycles. The van der Waals surface area contributed by atoms with Crippen LogP contribution in [0.2, 0.25) is 0 Å². The second kappa shape index (κ2) is 6.10. The van der Waals surface area contributed by atoms with Crippen LogP contribution in [0.4, 0.5) is 11.4 Å². The van der Waals surface area contributed by atoms with Crippen LogP contribution in [0.15, 0.2) is 18.2 Å². The van der Waals surface area contributed by atoms with Crippen molar-refractivity contribution in [3.05, 3.63) is 23.8 Å². The van der Waals surface area contributed by atoms with Crippen LogP contribution in [0.1, 0.15) is 17.3 Å². The minimum absolute atomic E-state index is 0.136. The smallest absolute Gasteiger partial charge is 0.337 e. The number of anilines is 2. The first-order valence-corrected chi connectivity index (χ1v) is 5.46. The van der Waals surface area contributed by atoms with E-state index in [0.29, 0.717) is 6.61 Å². The van der Waals surface area contributed by atoms with Gasteiger partial charge in [0.05, 0.1) is 12.2 Å². The van der Waals surface area contributed by atoms with Crippen molar-refractivity contribution in [3.63, 3.8) is 0 Å². The van der Waals surface area contributed by atoms with Gasteiger partial charge >= 0.3 is 5.97 Å². The average molecular weight is 238 g/mol. The normalized spacial score (nSPS) is 10.2. The maximum atomic E-state index is 10.8. The van der Waals surface area contributed by atoms with Crippen LogP contribution in [0.3, 0.4) is 0 Å². The molecule has 0 aliphatic heterocycles. The Morgan fingerprint density at radius 2 is 2.24 bits per heavy atom. The summed E-state index contributed by atoms with van der Waals surface area (Å²) in [5.74, 6) is -1.01. The zero-order valence-electron chi connectivity index (χ0n) is 10.1. The Morgan fingerprint density at radius 3 is 2.71 bits per heavy atom. The maximum absolute atomic E-state index is 10.8. The van der Waals surface area contributed by atoms with Gasteiger partial charge in [0.15, 0.2) is 0 Å². The molecular weight excluding hydrogens is 220 g/mol. The molecular formula is C12H18N2O3. The van der Waals surface area contributed by atoms with Crippen molar-refractivity contribution in [3.8, 4) is 0 Å². The molecule has 0 spiro atoms. The van der Waals surface area contributed by atoms with E-state index in [1.165, 1.54) is 6.07 Å². The van der Waals surface area contributed by atoms with E-state index in [9.17, 15) is 4.79 Å². The molecule has 0 aliphatic rings. The van der Waals surface area contributed by atoms with Crippen LogP contribution in [-0.2, 0) is 4.74 Å². The molecule has 0 atom stereocenters. The van der Waals surface area contributed by atoms with Gasteiger partial charge in [-0.25, -0.2) is 4.79 Å². The first kappa shape index (κ1) is 13.3. The zero-order chi connectivity index (χ0) is 12.8. The van der Waals surface area contributed by atoms with Gasteiger partial charge in [0.2, 0.25) is 0 Å². The number of nitrogens with zero attached hydrogens (tertiary/aromatic N) is 1. The fourth-order valence-corrected chi connectivity index (χ4v) is 1.61. The summed E-state index contributed by atoms with van der Waals surface area (Å²) in [5, 5.41) is 8.88. The Labute approximate surface area is 101 Å². The lowest BCUT2D eigenvalue weighted by molar-refractivity contribution is 0.0698. The van der Waals surface area contributed by atoms with Crippen molar-refractivity contribution in [1.82, 2.24) is 0 Å². The van der Waals surface area contributed by atoms with E-state index in [-0.39, 0.29) is 11.3 Å². The number of nitrogens with two attached hydrogens (primary N) is 1. The number of ether oxygens (including phenoxy) is 1. The van der Waals surface area contributed by atoms with Crippen LogP contribution in [0, 0.1) is 0 Å². The van der Waals surface area contributed by atoms with E-state index in [0.717, 1.165) is 18.8 Å². The zero-order valence-corrected chi connectivity index (χ0v) is 10.1. The first-order chi connectivity index (χ1) is 8.10. The summed E-state index contributed by atoms with van der Waals surface area (Å²) in [6.45, 7) is 4.21. The largest absolute Gasteiger partial charge is 0.478 e. The van der Waals surface area contributed by atoms with E-state index in [2.05, 4.69) is 4.90 Å². The molecule has 0 saturated carbocycles. The topological polar surface area (TPSA) is 75.8 Å². The molecule has 0 bridgehead atoms. The van der Waals surface area contributed by atoms with Gasteiger partial charge in [-0.05, 0) is 25.1 Å². The number of carboxylic acids is 1. The molecule has 0 amide bonds. The summed E-state index contributed by atoms with van der Waals surface area (Å²) in [7, 11) is 1.65. The minimum atomic E-state index is -1.01. The molecule has 0 heterocycles. The van der Waals surface area contributed by atoms with Crippen molar-refractivity contribution >= 4 is 17.3 Å². The van der Waals surface area contributed by atoms with Crippen molar-refractivity contribution in [2.24, 2.45) is 0 Å². The number of nitrogen functional groups attached to an aromatic ring is 1. The SMILES string of the molecule is CCN(CCOC)c1ccc(C(=O)O)c(N)c1. The molecule has 5 nitrogen and oxygen atoms in total. The van der Waals surface area contributed by atoms with Crippen LogP contribution in [-0.4, -0.2) is 37.9 Å². The van der Waals surface area contributed by atoms with Gasteiger partial charge in [0.25, 0.3) is 0 Å². The number of rotatable bonds is 6. The van der Waals surface area contributed by atoms with Gasteiger partial charge < -0.3 is 20.5 Å². The molecule has 1 rings (SSSR count). The van der Waals surface area contributed by atoms with Crippen molar-refractivity contribution in [1.29, 1.82) is 0 Å². The van der Waals surface area contributed by atoms with Gasteiger partial charge in [-0.2, -0.15) is 0 Å². The Kier molecular flexibility index (Phi) is 4.78.